The smallest absolute Gasteiger partial charge is 0.418 e. The first-order valence-electron chi connectivity index (χ1n) is 13.5. The Kier molecular flexibility index (Phi) is 7.18. The molecule has 1 aromatic carbocycles. The minimum absolute atomic E-state index is 0.0461. The average molecular weight is 580 g/mol. The second kappa shape index (κ2) is 10.5. The molecule has 3 aromatic rings. The first kappa shape index (κ1) is 27.3. The number of sulfonamides is 1. The van der Waals surface area contributed by atoms with E-state index in [1.165, 1.54) is 23.5 Å². The highest BCUT2D eigenvalue weighted by Crippen LogP contribution is 2.47. The van der Waals surface area contributed by atoms with Gasteiger partial charge in [-0.25, -0.2) is 13.4 Å². The van der Waals surface area contributed by atoms with Crippen LogP contribution in [0.1, 0.15) is 42.7 Å². The number of ether oxygens (including phenoxy) is 2. The molecule has 2 N–H and O–H groups in total. The number of aromatic amines is 1. The van der Waals surface area contributed by atoms with Crippen LogP contribution in [0.25, 0.3) is 11.0 Å². The lowest BCUT2D eigenvalue weighted by molar-refractivity contribution is -0.136. The number of nitrogens with zero attached hydrogens (tertiary/aromatic N) is 3. The fourth-order valence-electron chi connectivity index (χ4n) is 5.78. The molecule has 0 spiro atoms. The molecule has 0 atom stereocenters. The molecule has 9 nitrogen and oxygen atoms in total. The van der Waals surface area contributed by atoms with Crippen LogP contribution >= 0.6 is 0 Å². The molecule has 40 heavy (non-hydrogen) atoms. The highest BCUT2D eigenvalue weighted by Gasteiger charge is 2.38. The van der Waals surface area contributed by atoms with Gasteiger partial charge in [0, 0.05) is 49.9 Å². The van der Waals surface area contributed by atoms with Crippen molar-refractivity contribution in [3.63, 3.8) is 0 Å². The number of pyridine rings is 1. The van der Waals surface area contributed by atoms with E-state index in [9.17, 15) is 21.6 Å². The molecule has 216 valence electrons. The molecule has 3 aliphatic rings. The Morgan fingerprint density at radius 3 is 2.45 bits per heavy atom. The van der Waals surface area contributed by atoms with Crippen molar-refractivity contribution in [2.75, 3.05) is 51.8 Å². The lowest BCUT2D eigenvalue weighted by Crippen LogP contribution is -2.50. The van der Waals surface area contributed by atoms with E-state index < -0.39 is 21.8 Å². The Labute approximate surface area is 230 Å². The fourth-order valence-corrected chi connectivity index (χ4v) is 7.27. The van der Waals surface area contributed by atoms with Crippen molar-refractivity contribution in [2.24, 2.45) is 0 Å². The van der Waals surface area contributed by atoms with Crippen molar-refractivity contribution < 1.29 is 31.1 Å². The number of methoxy groups -OCH3 is 1. The van der Waals surface area contributed by atoms with E-state index in [4.69, 9.17) is 9.47 Å². The molecule has 0 bridgehead atoms. The maximum Gasteiger partial charge on any atom is 0.418 e. The predicted molar refractivity (Wildman–Crippen MR) is 144 cm³/mol. The largest absolute Gasteiger partial charge is 0.495 e. The lowest BCUT2D eigenvalue weighted by Gasteiger charge is -2.39. The molecular weight excluding hydrogens is 547 g/mol. The van der Waals surface area contributed by atoms with Crippen LogP contribution in [0.15, 0.2) is 35.4 Å². The third-order valence-corrected chi connectivity index (χ3v) is 9.95. The van der Waals surface area contributed by atoms with Crippen molar-refractivity contribution in [1.29, 1.82) is 0 Å². The van der Waals surface area contributed by atoms with E-state index in [-0.39, 0.29) is 21.8 Å². The minimum atomic E-state index is -4.49. The van der Waals surface area contributed by atoms with Gasteiger partial charge in [0.1, 0.15) is 17.2 Å². The van der Waals surface area contributed by atoms with E-state index >= 15 is 0 Å². The number of alkyl halides is 3. The molecule has 3 fully saturated rings. The second-order valence-electron chi connectivity index (χ2n) is 10.6. The number of halogens is 3. The van der Waals surface area contributed by atoms with Gasteiger partial charge in [0.2, 0.25) is 10.0 Å². The molecule has 2 aliphatic heterocycles. The van der Waals surface area contributed by atoms with Crippen molar-refractivity contribution >= 4 is 32.6 Å². The Balaban J connectivity index is 1.22. The Morgan fingerprint density at radius 1 is 1.07 bits per heavy atom. The van der Waals surface area contributed by atoms with E-state index in [0.29, 0.717) is 55.2 Å². The number of anilines is 2. The van der Waals surface area contributed by atoms with Gasteiger partial charge in [-0.15, -0.1) is 0 Å². The highest BCUT2D eigenvalue weighted by molar-refractivity contribution is 7.89. The van der Waals surface area contributed by atoms with Crippen LogP contribution in [0.4, 0.5) is 24.7 Å². The van der Waals surface area contributed by atoms with Crippen LogP contribution in [0.5, 0.6) is 5.75 Å². The maximum atomic E-state index is 13.6. The summed E-state index contributed by atoms with van der Waals surface area (Å²) in [6.07, 6.45) is -0.357. The number of hydrogen-bond donors (Lipinski definition) is 2. The van der Waals surface area contributed by atoms with Gasteiger partial charge >= 0.3 is 6.18 Å². The Hall–Kier alpha value is -2.87. The van der Waals surface area contributed by atoms with Gasteiger partial charge in [-0.05, 0) is 55.4 Å². The molecule has 2 aromatic heterocycles. The van der Waals surface area contributed by atoms with E-state index in [2.05, 4.69) is 20.2 Å². The van der Waals surface area contributed by atoms with Gasteiger partial charge in [0.15, 0.2) is 0 Å². The van der Waals surface area contributed by atoms with E-state index in [1.54, 1.807) is 12.1 Å². The summed E-state index contributed by atoms with van der Waals surface area (Å²) in [7, 11) is -2.29. The fraction of sp³-hybridized carbons (Fsp3) is 0.519. The molecule has 4 heterocycles. The number of nitrogens with one attached hydrogen (secondary N) is 2. The van der Waals surface area contributed by atoms with E-state index in [1.807, 2.05) is 0 Å². The first-order valence-corrected chi connectivity index (χ1v) is 15.0. The molecule has 1 saturated carbocycles. The van der Waals surface area contributed by atoms with Gasteiger partial charge in [0.25, 0.3) is 0 Å². The number of benzene rings is 1. The zero-order chi connectivity index (χ0) is 28.1. The predicted octanol–water partition coefficient (Wildman–Crippen LogP) is 4.70. The Bertz CT molecular complexity index is 1490. The number of aromatic nitrogens is 2. The topological polar surface area (TPSA) is 99.8 Å². The highest BCUT2D eigenvalue weighted by atomic mass is 32.2. The molecule has 0 amide bonds. The SMILES string of the molecule is COc1cc(S(=O)(=O)N2CCC(N3CCOCC3)CC2)ccc1Nc1cc(C2CC2)c2c(C(F)(F)F)c[nH]c2n1. The summed E-state index contributed by atoms with van der Waals surface area (Å²) in [4.78, 5) is 9.55. The van der Waals surface area contributed by atoms with Crippen molar-refractivity contribution in [1.82, 2.24) is 19.2 Å². The van der Waals surface area contributed by atoms with Crippen molar-refractivity contribution in [3.8, 4) is 5.75 Å². The first-order chi connectivity index (χ1) is 19.1. The summed E-state index contributed by atoms with van der Waals surface area (Å²) < 4.78 is 80.2. The van der Waals surface area contributed by atoms with Crippen LogP contribution in [0.3, 0.4) is 0 Å². The molecule has 13 heteroatoms. The minimum Gasteiger partial charge on any atom is -0.495 e. The second-order valence-corrected chi connectivity index (χ2v) is 12.5. The van der Waals surface area contributed by atoms with Crippen LogP contribution in [-0.2, 0) is 20.9 Å². The summed E-state index contributed by atoms with van der Waals surface area (Å²) in [5.41, 5.74) is 0.492. The van der Waals surface area contributed by atoms with Crippen LogP contribution in [0.2, 0.25) is 0 Å². The molecular formula is C27H32F3N5O4S. The van der Waals surface area contributed by atoms with Crippen LogP contribution in [-0.4, -0.2) is 80.1 Å². The summed E-state index contributed by atoms with van der Waals surface area (Å²) in [6.45, 7) is 4.06. The monoisotopic (exact) mass is 579 g/mol. The lowest BCUT2D eigenvalue weighted by atomic mass is 10.0. The maximum absolute atomic E-state index is 13.6. The summed E-state index contributed by atoms with van der Waals surface area (Å²) in [5.74, 6) is 0.690. The van der Waals surface area contributed by atoms with Gasteiger partial charge in [-0.2, -0.15) is 17.5 Å². The number of rotatable bonds is 7. The molecule has 0 radical (unpaired) electrons. The standard InChI is InChI=1S/C27H32F3N5O4S/c1-38-23-14-19(40(36,37)35-8-6-18(7-9-35)34-10-12-39-13-11-34)4-5-22(23)32-24-15-20(17-2-3-17)25-21(27(28,29)30)16-31-26(25)33-24/h4-5,14-18H,2-3,6-13H2,1H3,(H2,31,32,33). The van der Waals surface area contributed by atoms with Gasteiger partial charge in [-0.1, -0.05) is 0 Å². The van der Waals surface area contributed by atoms with Crippen molar-refractivity contribution in [2.45, 2.75) is 48.7 Å². The number of morpholine rings is 1. The number of hydrogen-bond acceptors (Lipinski definition) is 7. The molecule has 6 rings (SSSR count). The van der Waals surface area contributed by atoms with Gasteiger partial charge < -0.3 is 19.8 Å². The van der Waals surface area contributed by atoms with E-state index in [0.717, 1.165) is 45.0 Å². The zero-order valence-corrected chi connectivity index (χ0v) is 22.9. The molecule has 0 unspecified atom stereocenters. The van der Waals surface area contributed by atoms with Crippen LogP contribution in [0, 0.1) is 0 Å². The quantitative estimate of drug-likeness (QED) is 0.419. The molecule has 1 aliphatic carbocycles. The van der Waals surface area contributed by atoms with Gasteiger partial charge in [0.05, 0.1) is 36.5 Å². The van der Waals surface area contributed by atoms with Crippen molar-refractivity contribution in [3.05, 3.63) is 41.6 Å². The number of piperidine rings is 1. The Morgan fingerprint density at radius 2 is 1.80 bits per heavy atom. The number of fused-ring (bicyclic) bond motifs is 1. The molecule has 2 saturated heterocycles. The normalized spacial score (nSPS) is 20.2. The summed E-state index contributed by atoms with van der Waals surface area (Å²) in [6, 6.07) is 6.60. The average Bonchev–Trinajstić information content (AvgIpc) is 3.70. The van der Waals surface area contributed by atoms with Crippen LogP contribution < -0.4 is 10.1 Å². The third kappa shape index (κ3) is 5.27. The number of H-pyrrole nitrogens is 1. The summed E-state index contributed by atoms with van der Waals surface area (Å²) in [5, 5.41) is 3.23. The third-order valence-electron chi connectivity index (χ3n) is 8.05. The summed E-state index contributed by atoms with van der Waals surface area (Å²) >= 11 is 0. The van der Waals surface area contributed by atoms with Gasteiger partial charge in [-0.3, -0.25) is 4.90 Å². The zero-order valence-electron chi connectivity index (χ0n) is 22.1.